The first-order chi connectivity index (χ1) is 13.9. The van der Waals surface area contributed by atoms with Gasteiger partial charge >= 0.3 is 5.97 Å². The zero-order valence-corrected chi connectivity index (χ0v) is 15.5. The summed E-state index contributed by atoms with van der Waals surface area (Å²) in [6.45, 7) is 0.634. The van der Waals surface area contributed by atoms with Crippen molar-refractivity contribution in [2.45, 2.75) is 6.92 Å². The van der Waals surface area contributed by atoms with Crippen LogP contribution >= 0.6 is 0 Å². The number of hydrogen-bond acceptors (Lipinski definition) is 7. The molecule has 1 aliphatic heterocycles. The average Bonchev–Trinajstić information content (AvgIpc) is 3.18. The summed E-state index contributed by atoms with van der Waals surface area (Å²) in [4.78, 5) is 46.9. The lowest BCUT2D eigenvalue weighted by Crippen LogP contribution is -2.32. The Morgan fingerprint density at radius 3 is 2.38 bits per heavy atom. The standard InChI is InChI=1S/C20H18N2O7/c1-12(23)13-2-5-15(6-3-13)22-18(24)10-27-19(25)9-21-20(26)14-4-7-16-17(8-14)29-11-28-16/h2-8H,9-11H2,1H3,(H,21,26)(H,22,24). The fourth-order valence-corrected chi connectivity index (χ4v) is 2.47. The van der Waals surface area contributed by atoms with E-state index in [-0.39, 0.29) is 12.6 Å². The number of rotatable bonds is 7. The molecular weight excluding hydrogens is 380 g/mol. The van der Waals surface area contributed by atoms with Crippen molar-refractivity contribution in [2.24, 2.45) is 0 Å². The van der Waals surface area contributed by atoms with Crippen molar-refractivity contribution in [3.05, 3.63) is 53.6 Å². The third kappa shape index (κ3) is 5.32. The van der Waals surface area contributed by atoms with Gasteiger partial charge in [0.15, 0.2) is 23.9 Å². The maximum absolute atomic E-state index is 12.1. The minimum Gasteiger partial charge on any atom is -0.454 e. The highest BCUT2D eigenvalue weighted by Gasteiger charge is 2.17. The van der Waals surface area contributed by atoms with Crippen molar-refractivity contribution in [3.8, 4) is 11.5 Å². The molecule has 0 saturated heterocycles. The lowest BCUT2D eigenvalue weighted by Gasteiger charge is -2.08. The zero-order chi connectivity index (χ0) is 20.8. The molecule has 1 aliphatic rings. The predicted octanol–water partition coefficient (Wildman–Crippen LogP) is 1.53. The molecule has 2 N–H and O–H groups in total. The summed E-state index contributed by atoms with van der Waals surface area (Å²) in [5.41, 5.74) is 1.29. The molecule has 0 radical (unpaired) electrons. The van der Waals surface area contributed by atoms with E-state index in [1.54, 1.807) is 36.4 Å². The van der Waals surface area contributed by atoms with Gasteiger partial charge in [-0.2, -0.15) is 0 Å². The number of amides is 2. The minimum absolute atomic E-state index is 0.0837. The van der Waals surface area contributed by atoms with Crippen molar-refractivity contribution < 1.29 is 33.4 Å². The Bertz CT molecular complexity index is 954. The summed E-state index contributed by atoms with van der Waals surface area (Å²) < 4.78 is 15.2. The van der Waals surface area contributed by atoms with Crippen molar-refractivity contribution in [2.75, 3.05) is 25.3 Å². The van der Waals surface area contributed by atoms with Crippen LogP contribution < -0.4 is 20.1 Å². The van der Waals surface area contributed by atoms with Crippen LogP contribution in [-0.2, 0) is 14.3 Å². The number of benzene rings is 2. The number of carbonyl (C=O) groups excluding carboxylic acids is 4. The number of anilines is 1. The summed E-state index contributed by atoms with van der Waals surface area (Å²) >= 11 is 0. The quantitative estimate of drug-likeness (QED) is 0.536. The number of carbonyl (C=O) groups is 4. The molecule has 0 atom stereocenters. The van der Waals surface area contributed by atoms with E-state index in [4.69, 9.17) is 14.2 Å². The van der Waals surface area contributed by atoms with Gasteiger partial charge in [0, 0.05) is 16.8 Å². The average molecular weight is 398 g/mol. The number of Topliss-reactive ketones (excluding diaryl/α,β-unsaturated/α-hetero) is 1. The minimum atomic E-state index is -0.763. The van der Waals surface area contributed by atoms with Gasteiger partial charge in [-0.1, -0.05) is 0 Å². The van der Waals surface area contributed by atoms with Crippen LogP contribution in [0.4, 0.5) is 5.69 Å². The van der Waals surface area contributed by atoms with Crippen LogP contribution in [0, 0.1) is 0 Å². The fourth-order valence-electron chi connectivity index (χ4n) is 2.47. The molecule has 2 aromatic rings. The van der Waals surface area contributed by atoms with E-state index in [1.165, 1.54) is 13.0 Å². The van der Waals surface area contributed by atoms with Crippen LogP contribution in [0.25, 0.3) is 0 Å². The molecular formula is C20H18N2O7. The lowest BCUT2D eigenvalue weighted by atomic mass is 10.1. The number of ether oxygens (including phenoxy) is 3. The van der Waals surface area contributed by atoms with Gasteiger partial charge in [0.05, 0.1) is 0 Å². The van der Waals surface area contributed by atoms with Crippen LogP contribution in [-0.4, -0.2) is 43.5 Å². The molecule has 1 heterocycles. The SMILES string of the molecule is CC(=O)c1ccc(NC(=O)COC(=O)CNC(=O)c2ccc3c(c2)OCO3)cc1. The maximum Gasteiger partial charge on any atom is 0.325 e. The molecule has 0 aliphatic carbocycles. The second-order valence-electron chi connectivity index (χ2n) is 6.09. The highest BCUT2D eigenvalue weighted by molar-refractivity contribution is 5.97. The normalized spacial score (nSPS) is 11.5. The first-order valence-corrected chi connectivity index (χ1v) is 8.66. The van der Waals surface area contributed by atoms with Crippen molar-refractivity contribution in [1.29, 1.82) is 0 Å². The van der Waals surface area contributed by atoms with Gasteiger partial charge < -0.3 is 24.8 Å². The first-order valence-electron chi connectivity index (χ1n) is 8.66. The molecule has 3 rings (SSSR count). The Morgan fingerprint density at radius 2 is 1.66 bits per heavy atom. The van der Waals surface area contributed by atoms with Gasteiger partial charge in [0.25, 0.3) is 11.8 Å². The highest BCUT2D eigenvalue weighted by atomic mass is 16.7. The molecule has 0 spiro atoms. The summed E-state index contributed by atoms with van der Waals surface area (Å²) in [5.74, 6) is -0.886. The number of esters is 1. The second kappa shape index (κ2) is 8.87. The first kappa shape index (κ1) is 19.9. The summed E-state index contributed by atoms with van der Waals surface area (Å²) in [7, 11) is 0. The van der Waals surface area contributed by atoms with E-state index in [2.05, 4.69) is 10.6 Å². The molecule has 0 saturated carbocycles. The molecule has 9 heteroatoms. The fraction of sp³-hybridized carbons (Fsp3) is 0.200. The van der Waals surface area contributed by atoms with E-state index >= 15 is 0 Å². The highest BCUT2D eigenvalue weighted by Crippen LogP contribution is 2.32. The lowest BCUT2D eigenvalue weighted by molar-refractivity contribution is -0.146. The second-order valence-corrected chi connectivity index (χ2v) is 6.09. The Balaban J connectivity index is 1.40. The van der Waals surface area contributed by atoms with E-state index in [1.807, 2.05) is 0 Å². The van der Waals surface area contributed by atoms with Crippen molar-refractivity contribution in [1.82, 2.24) is 5.32 Å². The molecule has 150 valence electrons. The largest absolute Gasteiger partial charge is 0.454 e. The molecule has 0 bridgehead atoms. The Labute approximate surface area is 165 Å². The van der Waals surface area contributed by atoms with Gasteiger partial charge in [-0.15, -0.1) is 0 Å². The van der Waals surface area contributed by atoms with Crippen LogP contribution in [0.2, 0.25) is 0 Å². The van der Waals surface area contributed by atoms with E-state index < -0.39 is 30.9 Å². The van der Waals surface area contributed by atoms with Crippen LogP contribution in [0.3, 0.4) is 0 Å². The monoisotopic (exact) mass is 398 g/mol. The molecule has 2 aromatic carbocycles. The molecule has 2 amide bonds. The summed E-state index contributed by atoms with van der Waals surface area (Å²) in [6, 6.07) is 10.9. The van der Waals surface area contributed by atoms with E-state index in [0.29, 0.717) is 28.3 Å². The molecule has 9 nitrogen and oxygen atoms in total. The van der Waals surface area contributed by atoms with Crippen LogP contribution in [0.5, 0.6) is 11.5 Å². The van der Waals surface area contributed by atoms with Gasteiger partial charge in [-0.25, -0.2) is 0 Å². The van der Waals surface area contributed by atoms with E-state index in [0.717, 1.165) is 0 Å². The number of nitrogens with one attached hydrogen (secondary N) is 2. The van der Waals surface area contributed by atoms with Crippen molar-refractivity contribution >= 4 is 29.3 Å². The number of hydrogen-bond donors (Lipinski definition) is 2. The van der Waals surface area contributed by atoms with Crippen LogP contribution in [0.1, 0.15) is 27.6 Å². The molecule has 0 unspecified atom stereocenters. The van der Waals surface area contributed by atoms with Gasteiger partial charge in [0.1, 0.15) is 6.54 Å². The number of fused-ring (bicyclic) bond motifs is 1. The summed E-state index contributed by atoms with van der Waals surface area (Å²) in [5, 5.41) is 4.94. The third-order valence-corrected chi connectivity index (χ3v) is 3.97. The zero-order valence-electron chi connectivity index (χ0n) is 15.5. The van der Waals surface area contributed by atoms with Gasteiger partial charge in [0.2, 0.25) is 6.79 Å². The van der Waals surface area contributed by atoms with Crippen LogP contribution in [0.15, 0.2) is 42.5 Å². The smallest absolute Gasteiger partial charge is 0.325 e. The maximum atomic E-state index is 12.1. The van der Waals surface area contributed by atoms with Crippen molar-refractivity contribution in [3.63, 3.8) is 0 Å². The molecule has 29 heavy (non-hydrogen) atoms. The Morgan fingerprint density at radius 1 is 0.966 bits per heavy atom. The molecule has 0 fully saturated rings. The molecule has 0 aromatic heterocycles. The summed E-state index contributed by atoms with van der Waals surface area (Å²) in [6.07, 6.45) is 0. The number of ketones is 1. The van der Waals surface area contributed by atoms with E-state index in [9.17, 15) is 19.2 Å². The Kier molecular flexibility index (Phi) is 6.08. The van der Waals surface area contributed by atoms with Gasteiger partial charge in [-0.3, -0.25) is 19.2 Å². The predicted molar refractivity (Wildman–Crippen MR) is 101 cm³/mol. The van der Waals surface area contributed by atoms with Gasteiger partial charge in [-0.05, 0) is 49.4 Å². The third-order valence-electron chi connectivity index (χ3n) is 3.97. The Hall–Kier alpha value is -3.88. The topological polar surface area (TPSA) is 120 Å².